The normalized spacial score (nSPS) is 10.8. The summed E-state index contributed by atoms with van der Waals surface area (Å²) in [6.45, 7) is 3.65. The number of benzene rings is 1. The molecule has 0 radical (unpaired) electrons. The van der Waals surface area contributed by atoms with Gasteiger partial charge in [-0.2, -0.15) is 0 Å². The Morgan fingerprint density at radius 1 is 1.35 bits per heavy atom. The summed E-state index contributed by atoms with van der Waals surface area (Å²) in [5, 5.41) is 11.6. The minimum Gasteiger partial charge on any atom is -0.431 e. The van der Waals surface area contributed by atoms with Crippen molar-refractivity contribution in [3.05, 3.63) is 36.9 Å². The summed E-state index contributed by atoms with van der Waals surface area (Å²) in [5.41, 5.74) is 1.49. The van der Waals surface area contributed by atoms with Gasteiger partial charge >= 0.3 is 0 Å². The van der Waals surface area contributed by atoms with Gasteiger partial charge in [0.1, 0.15) is 5.52 Å². The van der Waals surface area contributed by atoms with Crippen LogP contribution in [-0.2, 0) is 4.79 Å². The van der Waals surface area contributed by atoms with Crippen molar-refractivity contribution in [3.8, 4) is 0 Å². The first kappa shape index (κ1) is 16.0. The Morgan fingerprint density at radius 2 is 2.22 bits per heavy atom. The minimum absolute atomic E-state index is 0.173. The number of rotatable bonds is 7. The van der Waals surface area contributed by atoms with Crippen LogP contribution in [-0.4, -0.2) is 32.6 Å². The van der Waals surface area contributed by atoms with E-state index in [9.17, 15) is 4.79 Å². The molecule has 0 aliphatic rings. The Hall–Kier alpha value is -1.84. The molecule has 0 atom stereocenters. The first-order chi connectivity index (χ1) is 11.2. The van der Waals surface area contributed by atoms with E-state index in [1.165, 1.54) is 34.9 Å². The van der Waals surface area contributed by atoms with Gasteiger partial charge in [-0.3, -0.25) is 10.1 Å². The third-order valence-corrected chi connectivity index (χ3v) is 5.37. The molecule has 1 aromatic carbocycles. The topological polar surface area (TPSA) is 80.9 Å². The second-order valence-electron chi connectivity index (χ2n) is 4.26. The summed E-state index contributed by atoms with van der Waals surface area (Å²) in [7, 11) is 0. The second kappa shape index (κ2) is 7.62. The Labute approximate surface area is 144 Å². The molecule has 9 heteroatoms. The van der Waals surface area contributed by atoms with E-state index >= 15 is 0 Å². The second-order valence-corrected chi connectivity index (χ2v) is 7.43. The van der Waals surface area contributed by atoms with E-state index in [-0.39, 0.29) is 11.7 Å². The molecular weight excluding hydrogens is 352 g/mol. The van der Waals surface area contributed by atoms with Gasteiger partial charge in [0.25, 0.3) is 5.22 Å². The number of hydrogen-bond acceptors (Lipinski definition) is 8. The molecule has 3 aromatic rings. The Bertz CT molecular complexity index is 797. The summed E-state index contributed by atoms with van der Waals surface area (Å²) in [5.74, 6) is 0.784. The molecular formula is C14H12N4O2S3. The van der Waals surface area contributed by atoms with Crippen molar-refractivity contribution < 1.29 is 9.21 Å². The largest absolute Gasteiger partial charge is 0.431 e. The highest BCUT2D eigenvalue weighted by Gasteiger charge is 2.11. The lowest BCUT2D eigenvalue weighted by atomic mass is 10.3. The van der Waals surface area contributed by atoms with Crippen LogP contribution in [0, 0.1) is 0 Å². The molecule has 0 spiro atoms. The third kappa shape index (κ3) is 4.34. The summed E-state index contributed by atoms with van der Waals surface area (Å²) < 4.78 is 6.35. The van der Waals surface area contributed by atoms with Crippen molar-refractivity contribution >= 4 is 57.0 Å². The molecule has 3 rings (SSSR count). The number of amides is 1. The third-order valence-electron chi connectivity index (χ3n) is 2.58. The number of carbonyl (C=O) groups excluding carboxylic acids is 1. The van der Waals surface area contributed by atoms with Gasteiger partial charge in [-0.15, -0.1) is 16.8 Å². The van der Waals surface area contributed by atoms with Gasteiger partial charge in [-0.25, -0.2) is 4.98 Å². The SMILES string of the molecule is C=CCSc1nnc(NC(=O)CSc2nc3ccccc3o2)s1. The zero-order valence-corrected chi connectivity index (χ0v) is 14.3. The van der Waals surface area contributed by atoms with Crippen molar-refractivity contribution in [1.82, 2.24) is 15.2 Å². The molecule has 0 aliphatic carbocycles. The quantitative estimate of drug-likeness (QED) is 0.389. The number of anilines is 1. The van der Waals surface area contributed by atoms with Crippen LogP contribution in [0.15, 0.2) is 50.9 Å². The fourth-order valence-corrected chi connectivity index (χ4v) is 3.81. The van der Waals surface area contributed by atoms with Crippen LogP contribution in [0.3, 0.4) is 0 Å². The van der Waals surface area contributed by atoms with Gasteiger partial charge in [-0.05, 0) is 12.1 Å². The molecule has 2 aromatic heterocycles. The number of carbonyl (C=O) groups is 1. The molecule has 1 amide bonds. The molecule has 0 unspecified atom stereocenters. The Kier molecular flexibility index (Phi) is 5.31. The monoisotopic (exact) mass is 364 g/mol. The van der Waals surface area contributed by atoms with Crippen molar-refractivity contribution in [1.29, 1.82) is 0 Å². The number of oxazole rings is 1. The molecule has 1 N–H and O–H groups in total. The van der Waals surface area contributed by atoms with Gasteiger partial charge < -0.3 is 4.42 Å². The molecule has 23 heavy (non-hydrogen) atoms. The van der Waals surface area contributed by atoms with Crippen molar-refractivity contribution in [2.24, 2.45) is 0 Å². The van der Waals surface area contributed by atoms with Gasteiger partial charge in [-0.1, -0.05) is 53.1 Å². The minimum atomic E-state index is -0.173. The van der Waals surface area contributed by atoms with Crippen LogP contribution in [0.1, 0.15) is 0 Å². The van der Waals surface area contributed by atoms with E-state index in [1.54, 1.807) is 6.08 Å². The fraction of sp³-hybridized carbons (Fsp3) is 0.143. The lowest BCUT2D eigenvalue weighted by molar-refractivity contribution is -0.113. The number of nitrogens with zero attached hydrogens (tertiary/aromatic N) is 3. The molecule has 0 bridgehead atoms. The number of thioether (sulfide) groups is 2. The molecule has 6 nitrogen and oxygen atoms in total. The van der Waals surface area contributed by atoms with Crippen LogP contribution in [0.5, 0.6) is 0 Å². The summed E-state index contributed by atoms with van der Waals surface area (Å²) in [4.78, 5) is 16.2. The van der Waals surface area contributed by atoms with E-state index in [1.807, 2.05) is 24.3 Å². The zero-order valence-electron chi connectivity index (χ0n) is 11.9. The van der Waals surface area contributed by atoms with Gasteiger partial charge in [0.2, 0.25) is 11.0 Å². The molecule has 0 saturated carbocycles. The maximum absolute atomic E-state index is 11.9. The van der Waals surface area contributed by atoms with Crippen molar-refractivity contribution in [3.63, 3.8) is 0 Å². The smallest absolute Gasteiger partial charge is 0.257 e. The predicted molar refractivity (Wildman–Crippen MR) is 94.2 cm³/mol. The summed E-state index contributed by atoms with van der Waals surface area (Å²) in [6, 6.07) is 7.48. The van der Waals surface area contributed by atoms with Crippen LogP contribution in [0.25, 0.3) is 11.1 Å². The van der Waals surface area contributed by atoms with Crippen LogP contribution >= 0.6 is 34.9 Å². The fourth-order valence-electron chi connectivity index (χ4n) is 1.64. The molecule has 0 aliphatic heterocycles. The molecule has 118 valence electrons. The van der Waals surface area contributed by atoms with Gasteiger partial charge in [0, 0.05) is 5.75 Å². The number of para-hydroxylation sites is 2. The zero-order chi connectivity index (χ0) is 16.1. The van der Waals surface area contributed by atoms with Crippen molar-refractivity contribution in [2.45, 2.75) is 9.56 Å². The molecule has 0 fully saturated rings. The lowest BCUT2D eigenvalue weighted by Gasteiger charge is -1.98. The van der Waals surface area contributed by atoms with Crippen LogP contribution in [0.2, 0.25) is 0 Å². The van der Waals surface area contributed by atoms with Crippen LogP contribution < -0.4 is 5.32 Å². The van der Waals surface area contributed by atoms with Gasteiger partial charge in [0.15, 0.2) is 9.92 Å². The Morgan fingerprint density at radius 3 is 3.04 bits per heavy atom. The number of aromatic nitrogens is 3. The van der Waals surface area contributed by atoms with E-state index in [4.69, 9.17) is 4.42 Å². The van der Waals surface area contributed by atoms with E-state index in [0.29, 0.717) is 15.9 Å². The highest BCUT2D eigenvalue weighted by atomic mass is 32.2. The predicted octanol–water partition coefficient (Wildman–Crippen LogP) is 3.69. The molecule has 2 heterocycles. The first-order valence-corrected chi connectivity index (χ1v) is 9.39. The average Bonchev–Trinajstić information content (AvgIpc) is 3.17. The van der Waals surface area contributed by atoms with E-state index in [0.717, 1.165) is 15.6 Å². The van der Waals surface area contributed by atoms with Gasteiger partial charge in [0.05, 0.1) is 5.75 Å². The van der Waals surface area contributed by atoms with E-state index < -0.39 is 0 Å². The average molecular weight is 364 g/mol. The number of nitrogens with one attached hydrogen (secondary N) is 1. The summed E-state index contributed by atoms with van der Waals surface area (Å²) in [6.07, 6.45) is 1.79. The first-order valence-electron chi connectivity index (χ1n) is 6.60. The molecule has 0 saturated heterocycles. The standard InChI is InChI=1S/C14H12N4O2S3/c1-2-7-21-14-18-17-12(23-14)16-11(19)8-22-13-15-9-5-3-4-6-10(9)20-13/h2-6H,1,7-8H2,(H,16,17,19). The number of fused-ring (bicyclic) bond motifs is 1. The maximum Gasteiger partial charge on any atom is 0.257 e. The van der Waals surface area contributed by atoms with E-state index in [2.05, 4.69) is 27.1 Å². The Balaban J connectivity index is 1.52. The van der Waals surface area contributed by atoms with Crippen LogP contribution in [0.4, 0.5) is 5.13 Å². The highest BCUT2D eigenvalue weighted by molar-refractivity contribution is 8.01. The lowest BCUT2D eigenvalue weighted by Crippen LogP contribution is -2.13. The highest BCUT2D eigenvalue weighted by Crippen LogP contribution is 2.26. The summed E-state index contributed by atoms with van der Waals surface area (Å²) >= 11 is 4.11. The number of hydrogen-bond donors (Lipinski definition) is 1. The maximum atomic E-state index is 11.9. The van der Waals surface area contributed by atoms with Crippen molar-refractivity contribution in [2.75, 3.05) is 16.8 Å².